The summed E-state index contributed by atoms with van der Waals surface area (Å²) in [5.41, 5.74) is 6.42. The van der Waals surface area contributed by atoms with E-state index in [-0.39, 0.29) is 11.9 Å². The van der Waals surface area contributed by atoms with Crippen LogP contribution in [0.2, 0.25) is 0 Å². The van der Waals surface area contributed by atoms with E-state index >= 15 is 0 Å². The van der Waals surface area contributed by atoms with Crippen molar-refractivity contribution in [2.45, 2.75) is 59.0 Å². The lowest BCUT2D eigenvalue weighted by Gasteiger charge is -2.11. The van der Waals surface area contributed by atoms with E-state index in [4.69, 9.17) is 10.1 Å². The fraction of sp³-hybridized carbons (Fsp3) is 0.360. The molecule has 3 heterocycles. The van der Waals surface area contributed by atoms with Crippen molar-refractivity contribution in [3.8, 4) is 5.69 Å². The van der Waals surface area contributed by atoms with Crippen molar-refractivity contribution < 1.29 is 4.79 Å². The standard InChI is InChI=1S/C25H28N6O/c1-15(2)30-24-22(14-27-30)20(12-23(28-24)18-10-11-18)25(32)26-13-21-16(3)29-31(17(21)4)19-8-6-5-7-9-19/h5-9,12,14-15,18H,10-11,13H2,1-4H3,(H,26,32). The third-order valence-electron chi connectivity index (χ3n) is 6.18. The van der Waals surface area contributed by atoms with Crippen LogP contribution >= 0.6 is 0 Å². The monoisotopic (exact) mass is 428 g/mol. The maximum atomic E-state index is 13.3. The predicted octanol–water partition coefficient (Wildman–Crippen LogP) is 4.62. The molecule has 0 unspecified atom stereocenters. The molecule has 1 saturated carbocycles. The SMILES string of the molecule is Cc1nn(-c2ccccc2)c(C)c1CNC(=O)c1cc(C2CC2)nc2c1cnn2C(C)C. The summed E-state index contributed by atoms with van der Waals surface area (Å²) >= 11 is 0. The Labute approximate surface area is 187 Å². The highest BCUT2D eigenvalue weighted by molar-refractivity contribution is 6.05. The highest BCUT2D eigenvalue weighted by Gasteiger charge is 2.28. The molecule has 5 rings (SSSR count). The van der Waals surface area contributed by atoms with Gasteiger partial charge in [-0.2, -0.15) is 10.2 Å². The van der Waals surface area contributed by atoms with Crippen LogP contribution < -0.4 is 5.32 Å². The molecule has 0 radical (unpaired) electrons. The van der Waals surface area contributed by atoms with Gasteiger partial charge >= 0.3 is 0 Å². The normalized spacial score (nSPS) is 13.8. The summed E-state index contributed by atoms with van der Waals surface area (Å²) in [5.74, 6) is 0.351. The molecule has 1 aromatic carbocycles. The number of rotatable bonds is 6. The van der Waals surface area contributed by atoms with Crippen LogP contribution in [0.15, 0.2) is 42.6 Å². The van der Waals surface area contributed by atoms with E-state index in [0.717, 1.165) is 52.2 Å². The van der Waals surface area contributed by atoms with E-state index in [1.807, 2.05) is 59.6 Å². The molecule has 1 aliphatic carbocycles. The number of hydrogen-bond donors (Lipinski definition) is 1. The molecule has 164 valence electrons. The first-order valence-electron chi connectivity index (χ1n) is 11.2. The molecule has 1 amide bonds. The number of hydrogen-bond acceptors (Lipinski definition) is 4. The lowest BCUT2D eigenvalue weighted by Crippen LogP contribution is -2.24. The van der Waals surface area contributed by atoms with E-state index in [0.29, 0.717) is 18.0 Å². The molecule has 3 aromatic heterocycles. The number of aromatic nitrogens is 5. The zero-order chi connectivity index (χ0) is 22.4. The molecule has 1 fully saturated rings. The first-order valence-corrected chi connectivity index (χ1v) is 11.2. The maximum Gasteiger partial charge on any atom is 0.252 e. The molecule has 0 spiro atoms. The number of para-hydroxylation sites is 1. The molecule has 0 aliphatic heterocycles. The number of carbonyl (C=O) groups excluding carboxylic acids is 1. The van der Waals surface area contributed by atoms with Gasteiger partial charge in [-0.25, -0.2) is 14.3 Å². The van der Waals surface area contributed by atoms with Crippen LogP contribution in [0.3, 0.4) is 0 Å². The molecule has 32 heavy (non-hydrogen) atoms. The summed E-state index contributed by atoms with van der Waals surface area (Å²) < 4.78 is 3.83. The molecule has 0 bridgehead atoms. The summed E-state index contributed by atoms with van der Waals surface area (Å²) in [5, 5.41) is 13.1. The maximum absolute atomic E-state index is 13.3. The van der Waals surface area contributed by atoms with Gasteiger partial charge in [-0.3, -0.25) is 4.79 Å². The Morgan fingerprint density at radius 3 is 2.62 bits per heavy atom. The van der Waals surface area contributed by atoms with Crippen LogP contribution in [-0.2, 0) is 6.54 Å². The fourth-order valence-corrected chi connectivity index (χ4v) is 4.21. The zero-order valence-corrected chi connectivity index (χ0v) is 19.0. The minimum atomic E-state index is -0.103. The Hall–Kier alpha value is -3.48. The van der Waals surface area contributed by atoms with Crippen molar-refractivity contribution in [3.63, 3.8) is 0 Å². The molecular formula is C25H28N6O. The Morgan fingerprint density at radius 1 is 1.19 bits per heavy atom. The van der Waals surface area contributed by atoms with Crippen molar-refractivity contribution in [2.75, 3.05) is 0 Å². The Balaban J connectivity index is 1.45. The number of pyridine rings is 1. The highest BCUT2D eigenvalue weighted by atomic mass is 16.1. The van der Waals surface area contributed by atoms with Crippen LogP contribution in [0.25, 0.3) is 16.7 Å². The van der Waals surface area contributed by atoms with E-state index < -0.39 is 0 Å². The van der Waals surface area contributed by atoms with Crippen molar-refractivity contribution in [2.24, 2.45) is 0 Å². The number of fused-ring (bicyclic) bond motifs is 1. The van der Waals surface area contributed by atoms with Gasteiger partial charge in [0.2, 0.25) is 0 Å². The summed E-state index contributed by atoms with van der Waals surface area (Å²) in [6.45, 7) is 8.60. The largest absolute Gasteiger partial charge is 0.348 e. The first-order chi connectivity index (χ1) is 15.4. The van der Waals surface area contributed by atoms with Crippen molar-refractivity contribution in [3.05, 3.63) is 70.8 Å². The van der Waals surface area contributed by atoms with Gasteiger partial charge in [-0.05, 0) is 58.7 Å². The van der Waals surface area contributed by atoms with E-state index in [2.05, 4.69) is 24.3 Å². The number of aryl methyl sites for hydroxylation is 1. The van der Waals surface area contributed by atoms with Gasteiger partial charge in [-0.15, -0.1) is 0 Å². The summed E-state index contributed by atoms with van der Waals surface area (Å²) in [6, 6.07) is 12.2. The van der Waals surface area contributed by atoms with Crippen molar-refractivity contribution in [1.29, 1.82) is 0 Å². The molecular weight excluding hydrogens is 400 g/mol. The lowest BCUT2D eigenvalue weighted by molar-refractivity contribution is 0.0952. The van der Waals surface area contributed by atoms with Gasteiger partial charge in [0, 0.05) is 35.5 Å². The van der Waals surface area contributed by atoms with E-state index in [9.17, 15) is 4.79 Å². The van der Waals surface area contributed by atoms with Crippen LogP contribution in [0, 0.1) is 13.8 Å². The number of nitrogens with zero attached hydrogens (tertiary/aromatic N) is 5. The fourth-order valence-electron chi connectivity index (χ4n) is 4.21. The molecule has 0 atom stereocenters. The van der Waals surface area contributed by atoms with Gasteiger partial charge in [0.15, 0.2) is 5.65 Å². The van der Waals surface area contributed by atoms with Crippen molar-refractivity contribution in [1.82, 2.24) is 29.9 Å². The highest BCUT2D eigenvalue weighted by Crippen LogP contribution is 2.40. The summed E-state index contributed by atoms with van der Waals surface area (Å²) in [7, 11) is 0. The van der Waals surface area contributed by atoms with Gasteiger partial charge in [0.25, 0.3) is 5.91 Å². The van der Waals surface area contributed by atoms with Gasteiger partial charge in [-0.1, -0.05) is 18.2 Å². The second-order valence-corrected chi connectivity index (χ2v) is 8.87. The van der Waals surface area contributed by atoms with Crippen LogP contribution in [0.4, 0.5) is 0 Å². The van der Waals surface area contributed by atoms with Crippen LogP contribution in [-0.4, -0.2) is 30.5 Å². The van der Waals surface area contributed by atoms with Gasteiger partial charge < -0.3 is 5.32 Å². The Kier molecular flexibility index (Phi) is 5.04. The second kappa shape index (κ2) is 7.89. The first kappa shape index (κ1) is 20.4. The van der Waals surface area contributed by atoms with E-state index in [1.165, 1.54) is 0 Å². The minimum absolute atomic E-state index is 0.103. The predicted molar refractivity (Wildman–Crippen MR) is 124 cm³/mol. The zero-order valence-electron chi connectivity index (χ0n) is 19.0. The summed E-state index contributed by atoms with van der Waals surface area (Å²) in [4.78, 5) is 18.2. The molecule has 1 N–H and O–H groups in total. The summed E-state index contributed by atoms with van der Waals surface area (Å²) in [6.07, 6.45) is 4.02. The molecule has 0 saturated heterocycles. The molecule has 7 nitrogen and oxygen atoms in total. The minimum Gasteiger partial charge on any atom is -0.348 e. The lowest BCUT2D eigenvalue weighted by atomic mass is 10.1. The third kappa shape index (κ3) is 3.57. The van der Waals surface area contributed by atoms with Crippen molar-refractivity contribution >= 4 is 16.9 Å². The van der Waals surface area contributed by atoms with Gasteiger partial charge in [0.1, 0.15) is 0 Å². The van der Waals surface area contributed by atoms with E-state index in [1.54, 1.807) is 6.20 Å². The molecule has 1 aliphatic rings. The van der Waals surface area contributed by atoms with Crippen LogP contribution in [0.1, 0.15) is 71.7 Å². The number of benzene rings is 1. The van der Waals surface area contributed by atoms with Crippen LogP contribution in [0.5, 0.6) is 0 Å². The molecule has 4 aromatic rings. The topological polar surface area (TPSA) is 77.6 Å². The number of amides is 1. The number of carbonyl (C=O) groups is 1. The second-order valence-electron chi connectivity index (χ2n) is 8.87. The molecule has 7 heteroatoms. The average Bonchev–Trinajstić information content (AvgIpc) is 3.48. The Bertz CT molecular complexity index is 1300. The Morgan fingerprint density at radius 2 is 1.94 bits per heavy atom. The van der Waals surface area contributed by atoms with Gasteiger partial charge in [0.05, 0.1) is 28.5 Å². The third-order valence-corrected chi connectivity index (χ3v) is 6.18. The quantitative estimate of drug-likeness (QED) is 0.486. The smallest absolute Gasteiger partial charge is 0.252 e. The average molecular weight is 429 g/mol. The number of nitrogens with one attached hydrogen (secondary N) is 1.